The van der Waals surface area contributed by atoms with Gasteiger partial charge >= 0.3 is 0 Å². The van der Waals surface area contributed by atoms with Crippen LogP contribution in [0.2, 0.25) is 0 Å². The van der Waals surface area contributed by atoms with Crippen molar-refractivity contribution >= 4 is 6.29 Å². The summed E-state index contributed by atoms with van der Waals surface area (Å²) in [4.78, 5) is 10.7. The average Bonchev–Trinajstić information content (AvgIpc) is 2.29. The maximum atomic E-state index is 10.7. The average molecular weight is 196 g/mol. The van der Waals surface area contributed by atoms with Crippen LogP contribution in [0.15, 0.2) is 48.5 Å². The molecule has 0 atom stereocenters. The van der Waals surface area contributed by atoms with Gasteiger partial charge in [-0.1, -0.05) is 36.4 Å². The molecule has 2 aromatic rings. The summed E-state index contributed by atoms with van der Waals surface area (Å²) in [6.45, 7) is 2.00. The van der Waals surface area contributed by atoms with Crippen LogP contribution in [0.4, 0.5) is 0 Å². The largest absolute Gasteiger partial charge is 0.298 e. The summed E-state index contributed by atoms with van der Waals surface area (Å²) in [5.41, 5.74) is 4.08. The molecule has 0 aromatic heterocycles. The Morgan fingerprint density at radius 2 is 1.67 bits per heavy atom. The van der Waals surface area contributed by atoms with Crippen LogP contribution in [0.5, 0.6) is 0 Å². The van der Waals surface area contributed by atoms with E-state index in [0.29, 0.717) is 0 Å². The Balaban J connectivity index is 2.53. The van der Waals surface area contributed by atoms with E-state index in [1.807, 2.05) is 49.4 Å². The maximum absolute atomic E-state index is 10.7. The molecule has 0 fully saturated rings. The van der Waals surface area contributed by atoms with E-state index in [4.69, 9.17) is 0 Å². The van der Waals surface area contributed by atoms with E-state index in [9.17, 15) is 4.79 Å². The zero-order chi connectivity index (χ0) is 10.7. The van der Waals surface area contributed by atoms with Gasteiger partial charge in [0.25, 0.3) is 0 Å². The first kappa shape index (κ1) is 9.66. The monoisotopic (exact) mass is 196 g/mol. The molecule has 74 valence electrons. The molecular formula is C14H12O. The lowest BCUT2D eigenvalue weighted by atomic mass is 10.0. The predicted octanol–water partition coefficient (Wildman–Crippen LogP) is 3.47. The minimum atomic E-state index is 0.730. The highest BCUT2D eigenvalue weighted by Crippen LogP contribution is 2.21. The fourth-order valence-electron chi connectivity index (χ4n) is 1.68. The van der Waals surface area contributed by atoms with Gasteiger partial charge in [0, 0.05) is 5.56 Å². The van der Waals surface area contributed by atoms with Gasteiger partial charge in [0.15, 0.2) is 0 Å². The smallest absolute Gasteiger partial charge is 0.150 e. The summed E-state index contributed by atoms with van der Waals surface area (Å²) in [6.07, 6.45) is 0.888. The molecular weight excluding hydrogens is 184 g/mol. The zero-order valence-corrected chi connectivity index (χ0v) is 8.60. The van der Waals surface area contributed by atoms with Crippen molar-refractivity contribution in [2.24, 2.45) is 0 Å². The van der Waals surface area contributed by atoms with Crippen molar-refractivity contribution in [3.8, 4) is 11.1 Å². The van der Waals surface area contributed by atoms with E-state index in [1.165, 1.54) is 0 Å². The topological polar surface area (TPSA) is 17.1 Å². The molecule has 0 saturated heterocycles. The summed E-state index contributed by atoms with van der Waals surface area (Å²) < 4.78 is 0. The van der Waals surface area contributed by atoms with Crippen molar-refractivity contribution in [2.45, 2.75) is 6.92 Å². The Morgan fingerprint density at radius 1 is 0.933 bits per heavy atom. The van der Waals surface area contributed by atoms with Gasteiger partial charge in [-0.25, -0.2) is 0 Å². The first-order chi connectivity index (χ1) is 7.29. The van der Waals surface area contributed by atoms with Crippen LogP contribution < -0.4 is 0 Å². The van der Waals surface area contributed by atoms with E-state index >= 15 is 0 Å². The number of rotatable bonds is 2. The first-order valence-electron chi connectivity index (χ1n) is 4.92. The molecule has 15 heavy (non-hydrogen) atoms. The Bertz CT molecular complexity index is 472. The van der Waals surface area contributed by atoms with E-state index in [0.717, 1.165) is 28.5 Å². The molecule has 0 spiro atoms. The van der Waals surface area contributed by atoms with Crippen LogP contribution in [0.3, 0.4) is 0 Å². The standard InChI is InChI=1S/C14H12O/c1-11-7-12(10-15)9-14(8-11)13-5-3-2-4-6-13/h2-10H,1H3. The SMILES string of the molecule is Cc1cc(C=O)cc(-c2ccccc2)c1. The highest BCUT2D eigenvalue weighted by atomic mass is 16.1. The van der Waals surface area contributed by atoms with Gasteiger partial charge in [-0.15, -0.1) is 0 Å². The first-order valence-corrected chi connectivity index (χ1v) is 4.92. The third-order valence-corrected chi connectivity index (χ3v) is 2.34. The van der Waals surface area contributed by atoms with Gasteiger partial charge in [0.1, 0.15) is 6.29 Å². The number of aryl methyl sites for hydroxylation is 1. The number of hydrogen-bond donors (Lipinski definition) is 0. The lowest BCUT2D eigenvalue weighted by molar-refractivity contribution is 0.112. The van der Waals surface area contributed by atoms with Gasteiger partial charge in [-0.05, 0) is 35.7 Å². The van der Waals surface area contributed by atoms with E-state index in [1.54, 1.807) is 0 Å². The highest BCUT2D eigenvalue weighted by molar-refractivity contribution is 5.79. The summed E-state index contributed by atoms with van der Waals surface area (Å²) >= 11 is 0. The molecule has 1 heteroatoms. The summed E-state index contributed by atoms with van der Waals surface area (Å²) in [5.74, 6) is 0. The van der Waals surface area contributed by atoms with Crippen molar-refractivity contribution in [3.05, 3.63) is 59.7 Å². The van der Waals surface area contributed by atoms with Crippen molar-refractivity contribution in [1.29, 1.82) is 0 Å². The highest BCUT2D eigenvalue weighted by Gasteiger charge is 1.99. The van der Waals surface area contributed by atoms with Crippen molar-refractivity contribution in [1.82, 2.24) is 0 Å². The van der Waals surface area contributed by atoms with E-state index in [2.05, 4.69) is 6.07 Å². The van der Waals surface area contributed by atoms with Gasteiger partial charge in [0.2, 0.25) is 0 Å². The van der Waals surface area contributed by atoms with Gasteiger partial charge in [-0.2, -0.15) is 0 Å². The van der Waals surface area contributed by atoms with Gasteiger partial charge in [-0.3, -0.25) is 4.79 Å². The second-order valence-corrected chi connectivity index (χ2v) is 3.62. The lowest BCUT2D eigenvalue weighted by Gasteiger charge is -2.04. The number of carbonyl (C=O) groups excluding carboxylic acids is 1. The molecule has 0 saturated carbocycles. The van der Waals surface area contributed by atoms with Crippen LogP contribution in [0, 0.1) is 6.92 Å². The molecule has 0 bridgehead atoms. The minimum Gasteiger partial charge on any atom is -0.298 e. The van der Waals surface area contributed by atoms with E-state index < -0.39 is 0 Å². The molecule has 0 radical (unpaired) electrons. The fourth-order valence-corrected chi connectivity index (χ4v) is 1.68. The molecule has 0 aliphatic carbocycles. The lowest BCUT2D eigenvalue weighted by Crippen LogP contribution is -1.85. The van der Waals surface area contributed by atoms with Crippen LogP contribution in [0.25, 0.3) is 11.1 Å². The van der Waals surface area contributed by atoms with Gasteiger partial charge < -0.3 is 0 Å². The second kappa shape index (κ2) is 4.09. The van der Waals surface area contributed by atoms with Crippen LogP contribution in [-0.4, -0.2) is 6.29 Å². The van der Waals surface area contributed by atoms with Crippen LogP contribution >= 0.6 is 0 Å². The van der Waals surface area contributed by atoms with E-state index in [-0.39, 0.29) is 0 Å². The molecule has 0 aliphatic heterocycles. The predicted molar refractivity (Wildman–Crippen MR) is 62.0 cm³/mol. The molecule has 0 unspecified atom stereocenters. The Kier molecular flexibility index (Phi) is 2.64. The number of hydrogen-bond acceptors (Lipinski definition) is 1. The Labute approximate surface area is 89.4 Å². The molecule has 0 heterocycles. The fraction of sp³-hybridized carbons (Fsp3) is 0.0714. The van der Waals surface area contributed by atoms with Crippen molar-refractivity contribution in [2.75, 3.05) is 0 Å². The Morgan fingerprint density at radius 3 is 2.33 bits per heavy atom. The van der Waals surface area contributed by atoms with Crippen molar-refractivity contribution in [3.63, 3.8) is 0 Å². The summed E-state index contributed by atoms with van der Waals surface area (Å²) in [7, 11) is 0. The number of benzene rings is 2. The second-order valence-electron chi connectivity index (χ2n) is 3.62. The van der Waals surface area contributed by atoms with Crippen molar-refractivity contribution < 1.29 is 4.79 Å². The number of carbonyl (C=O) groups is 1. The summed E-state index contributed by atoms with van der Waals surface area (Å²) in [5, 5.41) is 0. The maximum Gasteiger partial charge on any atom is 0.150 e. The number of aldehydes is 1. The zero-order valence-electron chi connectivity index (χ0n) is 8.60. The molecule has 1 nitrogen and oxygen atoms in total. The molecule has 2 aromatic carbocycles. The third kappa shape index (κ3) is 2.13. The molecule has 0 amide bonds. The van der Waals surface area contributed by atoms with Crippen LogP contribution in [-0.2, 0) is 0 Å². The normalized spacial score (nSPS) is 9.93. The third-order valence-electron chi connectivity index (χ3n) is 2.34. The quantitative estimate of drug-likeness (QED) is 0.672. The molecule has 0 aliphatic rings. The van der Waals surface area contributed by atoms with Crippen LogP contribution in [0.1, 0.15) is 15.9 Å². The van der Waals surface area contributed by atoms with Gasteiger partial charge in [0.05, 0.1) is 0 Å². The summed E-state index contributed by atoms with van der Waals surface area (Å²) in [6, 6.07) is 16.0. The Hall–Kier alpha value is -1.89. The molecule has 0 N–H and O–H groups in total. The minimum absolute atomic E-state index is 0.730. The molecule has 2 rings (SSSR count).